The van der Waals surface area contributed by atoms with Crippen molar-refractivity contribution in [3.8, 4) is 0 Å². The van der Waals surface area contributed by atoms with Gasteiger partial charge in [0.1, 0.15) is 5.69 Å². The Morgan fingerprint density at radius 2 is 2.25 bits per heavy atom. The highest BCUT2D eigenvalue weighted by atomic mass is 16.1. The fourth-order valence-corrected chi connectivity index (χ4v) is 0.936. The van der Waals surface area contributed by atoms with Gasteiger partial charge < -0.3 is 0 Å². The van der Waals surface area contributed by atoms with Gasteiger partial charge in [-0.1, -0.05) is 25.3 Å². The highest BCUT2D eigenvalue weighted by Crippen LogP contribution is 1.75. The summed E-state index contributed by atoms with van der Waals surface area (Å²) in [7, 11) is 0. The lowest BCUT2D eigenvalue weighted by Crippen LogP contribution is -2.27. The molecule has 0 saturated heterocycles. The van der Waals surface area contributed by atoms with Gasteiger partial charge >= 0.3 is 0 Å². The summed E-state index contributed by atoms with van der Waals surface area (Å²) in [6.45, 7) is 7.32. The molecule has 0 aliphatic rings. The van der Waals surface area contributed by atoms with Crippen LogP contribution in [0.25, 0.3) is 12.7 Å². The molecule has 0 spiro atoms. The molecule has 2 nitrogen and oxygen atoms in total. The third kappa shape index (κ3) is 1.48. The van der Waals surface area contributed by atoms with E-state index >= 15 is 0 Å². The van der Waals surface area contributed by atoms with Gasteiger partial charge in [-0.3, -0.25) is 9.78 Å². The number of aldehydes is 1. The lowest BCUT2D eigenvalue weighted by Gasteiger charge is -1.90. The minimum absolute atomic E-state index is 0.405. The number of pyridine rings is 1. The first kappa shape index (κ1) is 8.40. The summed E-state index contributed by atoms with van der Waals surface area (Å²) in [6.07, 6.45) is 5.61. The minimum atomic E-state index is 0.405. The third-order valence-electron chi connectivity index (χ3n) is 1.51. The van der Waals surface area contributed by atoms with Crippen LogP contribution in [-0.2, 0) is 0 Å². The summed E-state index contributed by atoms with van der Waals surface area (Å²) >= 11 is 0. The van der Waals surface area contributed by atoms with E-state index in [-0.39, 0.29) is 0 Å². The molecule has 0 atom stereocenters. The summed E-state index contributed by atoms with van der Waals surface area (Å²) in [6, 6.07) is 1.75. The van der Waals surface area contributed by atoms with Crippen molar-refractivity contribution in [2.24, 2.45) is 0 Å². The molecule has 0 radical (unpaired) electrons. The number of carbonyl (C=O) groups excluding carboxylic acids is 1. The topological polar surface area (TPSA) is 30.0 Å². The van der Waals surface area contributed by atoms with Gasteiger partial charge in [-0.15, -0.1) is 0 Å². The molecule has 0 aromatic carbocycles. The molecule has 0 unspecified atom stereocenters. The summed E-state index contributed by atoms with van der Waals surface area (Å²) in [4.78, 5) is 14.4. The lowest BCUT2D eigenvalue weighted by molar-refractivity contribution is 0.111. The van der Waals surface area contributed by atoms with Crippen LogP contribution in [-0.4, -0.2) is 11.3 Å². The van der Waals surface area contributed by atoms with Crippen molar-refractivity contribution in [2.45, 2.75) is 0 Å². The Hall–Kier alpha value is -1.70. The van der Waals surface area contributed by atoms with Gasteiger partial charge in [-0.05, 0) is 11.3 Å². The molecule has 60 valence electrons. The van der Waals surface area contributed by atoms with E-state index in [9.17, 15) is 4.79 Å². The van der Waals surface area contributed by atoms with Crippen LogP contribution < -0.4 is 10.4 Å². The summed E-state index contributed by atoms with van der Waals surface area (Å²) in [5, 5.41) is 1.52. The third-order valence-corrected chi connectivity index (χ3v) is 1.51. The van der Waals surface area contributed by atoms with Crippen LogP contribution in [0, 0.1) is 0 Å². The maximum absolute atomic E-state index is 10.5. The molecule has 0 fully saturated rings. The number of allylic oxidation sites excluding steroid dienone is 1. The van der Waals surface area contributed by atoms with Gasteiger partial charge in [-0.2, -0.15) is 0 Å². The zero-order valence-corrected chi connectivity index (χ0v) is 6.66. The monoisotopic (exact) mass is 159 g/mol. The van der Waals surface area contributed by atoms with Gasteiger partial charge in [0.05, 0.1) is 0 Å². The number of rotatable bonds is 2. The van der Waals surface area contributed by atoms with Crippen molar-refractivity contribution in [3.05, 3.63) is 41.0 Å². The second kappa shape index (κ2) is 3.62. The van der Waals surface area contributed by atoms with Crippen LogP contribution in [0.3, 0.4) is 0 Å². The van der Waals surface area contributed by atoms with E-state index < -0.39 is 0 Å². The summed E-state index contributed by atoms with van der Waals surface area (Å²) < 4.78 is 0. The summed E-state index contributed by atoms with van der Waals surface area (Å²) in [5.41, 5.74) is 0.405. The molecule has 1 rings (SSSR count). The largest absolute Gasteiger partial charge is 0.296 e. The van der Waals surface area contributed by atoms with Crippen LogP contribution in [0.15, 0.2) is 24.9 Å². The first-order valence-corrected chi connectivity index (χ1v) is 3.51. The van der Waals surface area contributed by atoms with Crippen molar-refractivity contribution in [3.63, 3.8) is 0 Å². The van der Waals surface area contributed by atoms with E-state index in [1.165, 1.54) is 0 Å². The van der Waals surface area contributed by atoms with Gasteiger partial charge in [0.15, 0.2) is 6.29 Å². The highest BCUT2D eigenvalue weighted by molar-refractivity contribution is 5.73. The fourth-order valence-electron chi connectivity index (χ4n) is 0.936. The van der Waals surface area contributed by atoms with Gasteiger partial charge in [0.25, 0.3) is 0 Å². The molecular weight excluding hydrogens is 150 g/mol. The number of hydrogen-bond acceptors (Lipinski definition) is 2. The molecular formula is C10H9NO. The van der Waals surface area contributed by atoms with Crippen LogP contribution in [0.1, 0.15) is 10.5 Å². The van der Waals surface area contributed by atoms with E-state index in [1.54, 1.807) is 24.4 Å². The Bertz CT molecular complexity index is 406. The Morgan fingerprint density at radius 3 is 2.83 bits per heavy atom. The number of aromatic nitrogens is 1. The molecule has 1 aromatic rings. The van der Waals surface area contributed by atoms with Crippen molar-refractivity contribution in [1.82, 2.24) is 4.98 Å². The molecule has 0 bridgehead atoms. The Balaban J connectivity index is 3.61. The predicted molar refractivity (Wildman–Crippen MR) is 49.1 cm³/mol. The minimum Gasteiger partial charge on any atom is -0.296 e. The van der Waals surface area contributed by atoms with Gasteiger partial charge in [0, 0.05) is 11.4 Å². The SMILES string of the molecule is C=C/C=c1/c(C=O)nccc1=C. The second-order valence-corrected chi connectivity index (χ2v) is 2.29. The predicted octanol–water partition coefficient (Wildman–Crippen LogP) is 0.271. The normalized spacial score (nSPS) is 11.2. The highest BCUT2D eigenvalue weighted by Gasteiger charge is 1.92. The summed E-state index contributed by atoms with van der Waals surface area (Å²) in [5.74, 6) is 0. The quantitative estimate of drug-likeness (QED) is 0.580. The Morgan fingerprint density at radius 1 is 1.50 bits per heavy atom. The molecule has 0 amide bonds. The average Bonchev–Trinajstić information content (AvgIpc) is 2.09. The maximum atomic E-state index is 10.5. The van der Waals surface area contributed by atoms with Crippen LogP contribution in [0.2, 0.25) is 0 Å². The van der Waals surface area contributed by atoms with Crippen LogP contribution >= 0.6 is 0 Å². The Labute approximate surface area is 70.6 Å². The standard InChI is InChI=1S/C10H9NO/c1-3-4-9-8(2)5-6-11-10(9)7-12/h3-7H,1-2H2/b9-4+. The van der Waals surface area contributed by atoms with Gasteiger partial charge in [-0.25, -0.2) is 0 Å². The van der Waals surface area contributed by atoms with Crippen molar-refractivity contribution in [1.29, 1.82) is 0 Å². The number of nitrogens with zero attached hydrogens (tertiary/aromatic N) is 1. The molecule has 0 saturated carbocycles. The molecule has 0 aliphatic carbocycles. The molecule has 12 heavy (non-hydrogen) atoms. The van der Waals surface area contributed by atoms with E-state index in [2.05, 4.69) is 18.1 Å². The maximum Gasteiger partial charge on any atom is 0.169 e. The van der Waals surface area contributed by atoms with E-state index in [1.807, 2.05) is 0 Å². The first-order chi connectivity index (χ1) is 5.79. The zero-order chi connectivity index (χ0) is 8.97. The molecule has 2 heteroatoms. The van der Waals surface area contributed by atoms with E-state index in [4.69, 9.17) is 0 Å². The van der Waals surface area contributed by atoms with Gasteiger partial charge in [0.2, 0.25) is 0 Å². The lowest BCUT2D eigenvalue weighted by atomic mass is 10.2. The average molecular weight is 159 g/mol. The Kier molecular flexibility index (Phi) is 2.53. The first-order valence-electron chi connectivity index (χ1n) is 3.51. The van der Waals surface area contributed by atoms with E-state index in [0.29, 0.717) is 12.0 Å². The molecule has 0 aliphatic heterocycles. The molecule has 0 N–H and O–H groups in total. The number of carbonyl (C=O) groups is 1. The fraction of sp³-hybridized carbons (Fsp3) is 0. The van der Waals surface area contributed by atoms with Crippen molar-refractivity contribution in [2.75, 3.05) is 0 Å². The smallest absolute Gasteiger partial charge is 0.169 e. The molecule has 1 aromatic heterocycles. The zero-order valence-electron chi connectivity index (χ0n) is 6.66. The van der Waals surface area contributed by atoms with Crippen LogP contribution in [0.5, 0.6) is 0 Å². The molecule has 1 heterocycles. The van der Waals surface area contributed by atoms with Crippen LogP contribution in [0.4, 0.5) is 0 Å². The number of hydrogen-bond donors (Lipinski definition) is 0. The van der Waals surface area contributed by atoms with E-state index in [0.717, 1.165) is 10.4 Å². The second-order valence-electron chi connectivity index (χ2n) is 2.29. The van der Waals surface area contributed by atoms with Crippen molar-refractivity contribution >= 4 is 18.9 Å². The van der Waals surface area contributed by atoms with Crippen molar-refractivity contribution < 1.29 is 4.79 Å².